The van der Waals surface area contributed by atoms with Crippen molar-refractivity contribution in [2.45, 2.75) is 27.2 Å². The van der Waals surface area contributed by atoms with Crippen molar-refractivity contribution in [3.05, 3.63) is 46.8 Å². The van der Waals surface area contributed by atoms with Crippen molar-refractivity contribution >= 4 is 17.3 Å². The van der Waals surface area contributed by atoms with Gasteiger partial charge in [-0.2, -0.15) is 10.2 Å². The van der Waals surface area contributed by atoms with Gasteiger partial charge in [0.1, 0.15) is 0 Å². The van der Waals surface area contributed by atoms with Crippen LogP contribution in [0.1, 0.15) is 34.2 Å². The molecule has 0 aliphatic heterocycles. The number of nitrogens with two attached hydrogens (primary N) is 1. The van der Waals surface area contributed by atoms with Gasteiger partial charge in [-0.15, -0.1) is 0 Å². The van der Waals surface area contributed by atoms with Gasteiger partial charge in [-0.3, -0.25) is 4.79 Å². The molecule has 20 heavy (non-hydrogen) atoms. The molecule has 0 bridgehead atoms. The second-order valence-corrected chi connectivity index (χ2v) is 4.67. The van der Waals surface area contributed by atoms with Crippen molar-refractivity contribution in [2.75, 3.05) is 11.1 Å². The number of nitrogens with one attached hydrogen (secondary N) is 1. The van der Waals surface area contributed by atoms with Crippen LogP contribution in [-0.4, -0.2) is 16.1 Å². The Labute approximate surface area is 118 Å². The Morgan fingerprint density at radius 1 is 1.30 bits per heavy atom. The fourth-order valence-corrected chi connectivity index (χ4v) is 1.95. The predicted octanol–water partition coefficient (Wildman–Crippen LogP) is 2.49. The zero-order valence-corrected chi connectivity index (χ0v) is 11.9. The molecule has 2 rings (SSSR count). The molecule has 104 valence electrons. The maximum absolute atomic E-state index is 12.4. The number of carbonyl (C=O) groups is 1. The van der Waals surface area contributed by atoms with Crippen LogP contribution >= 0.6 is 0 Å². The molecule has 3 N–H and O–H groups in total. The summed E-state index contributed by atoms with van der Waals surface area (Å²) in [5.41, 5.74) is 10.0. The molecular weight excluding hydrogens is 252 g/mol. The molecular formula is C15H18N4O. The number of aryl methyl sites for hydroxylation is 2. The van der Waals surface area contributed by atoms with Gasteiger partial charge < -0.3 is 11.1 Å². The summed E-state index contributed by atoms with van der Waals surface area (Å²) in [5, 5.41) is 10.9. The Hall–Kier alpha value is -2.43. The van der Waals surface area contributed by atoms with E-state index in [0.29, 0.717) is 29.1 Å². The van der Waals surface area contributed by atoms with Crippen LogP contribution in [0.4, 0.5) is 11.4 Å². The highest BCUT2D eigenvalue weighted by Gasteiger charge is 2.14. The standard InChI is InChI=1S/C15H18N4O/c1-4-13-11(8-9(2)18-19-13)15(20)17-14-7-5-6-12(16)10(14)3/h5-8H,4,16H2,1-3H3,(H,17,20). The monoisotopic (exact) mass is 270 g/mol. The topological polar surface area (TPSA) is 80.9 Å². The number of anilines is 2. The van der Waals surface area contributed by atoms with Crippen LogP contribution in [0.2, 0.25) is 0 Å². The van der Waals surface area contributed by atoms with E-state index >= 15 is 0 Å². The number of aromatic nitrogens is 2. The summed E-state index contributed by atoms with van der Waals surface area (Å²) in [6, 6.07) is 7.20. The number of rotatable bonds is 3. The van der Waals surface area contributed by atoms with Crippen molar-refractivity contribution in [3.8, 4) is 0 Å². The van der Waals surface area contributed by atoms with Crippen LogP contribution < -0.4 is 11.1 Å². The number of benzene rings is 1. The normalized spacial score (nSPS) is 10.3. The molecule has 0 fully saturated rings. The molecule has 0 atom stereocenters. The lowest BCUT2D eigenvalue weighted by Crippen LogP contribution is -2.17. The average Bonchev–Trinajstić information content (AvgIpc) is 2.43. The lowest BCUT2D eigenvalue weighted by atomic mass is 10.1. The lowest BCUT2D eigenvalue weighted by molar-refractivity contribution is 0.102. The summed E-state index contributed by atoms with van der Waals surface area (Å²) in [4.78, 5) is 12.4. The molecule has 0 unspecified atom stereocenters. The van der Waals surface area contributed by atoms with E-state index in [1.54, 1.807) is 12.1 Å². The zero-order chi connectivity index (χ0) is 14.7. The Balaban J connectivity index is 2.33. The molecule has 0 saturated heterocycles. The van der Waals surface area contributed by atoms with E-state index in [9.17, 15) is 4.79 Å². The third-order valence-electron chi connectivity index (χ3n) is 3.20. The van der Waals surface area contributed by atoms with E-state index in [1.165, 1.54) is 0 Å². The van der Waals surface area contributed by atoms with Gasteiger partial charge in [0.15, 0.2) is 0 Å². The second kappa shape index (κ2) is 5.69. The second-order valence-electron chi connectivity index (χ2n) is 4.67. The minimum absolute atomic E-state index is 0.187. The lowest BCUT2D eigenvalue weighted by Gasteiger charge is -2.11. The molecule has 0 aliphatic carbocycles. The highest BCUT2D eigenvalue weighted by atomic mass is 16.1. The SMILES string of the molecule is CCc1nnc(C)cc1C(=O)Nc1cccc(N)c1C. The van der Waals surface area contributed by atoms with Gasteiger partial charge in [0.25, 0.3) is 5.91 Å². The van der Waals surface area contributed by atoms with E-state index in [-0.39, 0.29) is 5.91 Å². The molecule has 1 amide bonds. The van der Waals surface area contributed by atoms with Crippen molar-refractivity contribution in [3.63, 3.8) is 0 Å². The first kappa shape index (κ1) is 14.0. The van der Waals surface area contributed by atoms with Crippen LogP contribution in [0.15, 0.2) is 24.3 Å². The summed E-state index contributed by atoms with van der Waals surface area (Å²) in [7, 11) is 0. The van der Waals surface area contributed by atoms with Gasteiger partial charge >= 0.3 is 0 Å². The van der Waals surface area contributed by atoms with E-state index in [4.69, 9.17) is 5.73 Å². The maximum Gasteiger partial charge on any atom is 0.257 e. The third-order valence-corrected chi connectivity index (χ3v) is 3.20. The molecule has 0 saturated carbocycles. The highest BCUT2D eigenvalue weighted by Crippen LogP contribution is 2.21. The average molecular weight is 270 g/mol. The first-order valence-corrected chi connectivity index (χ1v) is 6.52. The van der Waals surface area contributed by atoms with Crippen LogP contribution in [0.5, 0.6) is 0 Å². The fraction of sp³-hybridized carbons (Fsp3) is 0.267. The molecule has 0 aliphatic rings. The maximum atomic E-state index is 12.4. The van der Waals surface area contributed by atoms with Gasteiger partial charge in [0.2, 0.25) is 0 Å². The first-order valence-electron chi connectivity index (χ1n) is 6.52. The molecule has 5 nitrogen and oxygen atoms in total. The van der Waals surface area contributed by atoms with E-state index in [1.807, 2.05) is 32.9 Å². The summed E-state index contributed by atoms with van der Waals surface area (Å²) >= 11 is 0. The Morgan fingerprint density at radius 2 is 2.05 bits per heavy atom. The molecule has 1 aromatic heterocycles. The number of hydrogen-bond donors (Lipinski definition) is 2. The highest BCUT2D eigenvalue weighted by molar-refractivity contribution is 6.05. The largest absolute Gasteiger partial charge is 0.398 e. The van der Waals surface area contributed by atoms with Crippen LogP contribution in [0, 0.1) is 13.8 Å². The Kier molecular flexibility index (Phi) is 3.98. The molecule has 2 aromatic rings. The Bertz CT molecular complexity index is 652. The van der Waals surface area contributed by atoms with Gasteiger partial charge in [-0.25, -0.2) is 0 Å². The summed E-state index contributed by atoms with van der Waals surface area (Å²) in [6.45, 7) is 5.64. The van der Waals surface area contributed by atoms with Gasteiger partial charge in [-0.1, -0.05) is 13.0 Å². The van der Waals surface area contributed by atoms with Gasteiger partial charge in [0, 0.05) is 11.4 Å². The molecule has 0 radical (unpaired) electrons. The number of carbonyl (C=O) groups excluding carboxylic acids is 1. The molecule has 1 aromatic carbocycles. The number of nitrogens with zero attached hydrogens (tertiary/aromatic N) is 2. The third kappa shape index (κ3) is 2.77. The van der Waals surface area contributed by atoms with Crippen molar-refractivity contribution < 1.29 is 4.79 Å². The van der Waals surface area contributed by atoms with Gasteiger partial charge in [0.05, 0.1) is 17.0 Å². The number of nitrogen functional groups attached to an aromatic ring is 1. The quantitative estimate of drug-likeness (QED) is 0.840. The van der Waals surface area contributed by atoms with Crippen molar-refractivity contribution in [2.24, 2.45) is 0 Å². The smallest absolute Gasteiger partial charge is 0.257 e. The first-order chi connectivity index (χ1) is 9.52. The molecule has 1 heterocycles. The zero-order valence-electron chi connectivity index (χ0n) is 11.9. The van der Waals surface area contributed by atoms with E-state index in [2.05, 4.69) is 15.5 Å². The van der Waals surface area contributed by atoms with Crippen molar-refractivity contribution in [1.82, 2.24) is 10.2 Å². The van der Waals surface area contributed by atoms with Crippen molar-refractivity contribution in [1.29, 1.82) is 0 Å². The molecule has 5 heteroatoms. The van der Waals surface area contributed by atoms with Gasteiger partial charge in [-0.05, 0) is 44.0 Å². The van der Waals surface area contributed by atoms with Crippen LogP contribution in [0.3, 0.4) is 0 Å². The molecule has 0 spiro atoms. The predicted molar refractivity (Wildman–Crippen MR) is 79.7 cm³/mol. The summed E-state index contributed by atoms with van der Waals surface area (Å²) < 4.78 is 0. The minimum atomic E-state index is -0.187. The fourth-order valence-electron chi connectivity index (χ4n) is 1.95. The summed E-state index contributed by atoms with van der Waals surface area (Å²) in [6.07, 6.45) is 0.659. The number of hydrogen-bond acceptors (Lipinski definition) is 4. The number of amides is 1. The van der Waals surface area contributed by atoms with E-state index in [0.717, 1.165) is 11.3 Å². The van der Waals surface area contributed by atoms with Crippen LogP contribution in [-0.2, 0) is 6.42 Å². The minimum Gasteiger partial charge on any atom is -0.398 e. The Morgan fingerprint density at radius 3 is 2.75 bits per heavy atom. The summed E-state index contributed by atoms with van der Waals surface area (Å²) in [5.74, 6) is -0.187. The van der Waals surface area contributed by atoms with Crippen LogP contribution in [0.25, 0.3) is 0 Å². The van der Waals surface area contributed by atoms with E-state index < -0.39 is 0 Å².